The number of nitro benzene ring substituents is 1. The Bertz CT molecular complexity index is 799. The lowest BCUT2D eigenvalue weighted by Gasteiger charge is -2.09. The summed E-state index contributed by atoms with van der Waals surface area (Å²) in [5, 5.41) is 14.1. The van der Waals surface area contributed by atoms with Crippen molar-refractivity contribution in [1.82, 2.24) is 0 Å². The van der Waals surface area contributed by atoms with E-state index in [1.165, 1.54) is 12.1 Å². The van der Waals surface area contributed by atoms with E-state index in [9.17, 15) is 18.5 Å². The van der Waals surface area contributed by atoms with Gasteiger partial charge in [0.15, 0.2) is 9.84 Å². The number of anilines is 2. The summed E-state index contributed by atoms with van der Waals surface area (Å²) < 4.78 is 23.0. The molecule has 0 saturated carbocycles. The Hall–Kier alpha value is -2.41. The van der Waals surface area contributed by atoms with Gasteiger partial charge in [0.05, 0.1) is 9.82 Å². The number of nitrogens with one attached hydrogen (secondary N) is 1. The van der Waals surface area contributed by atoms with Gasteiger partial charge in [-0.05, 0) is 36.2 Å². The van der Waals surface area contributed by atoms with Crippen LogP contribution in [-0.2, 0) is 16.3 Å². The summed E-state index contributed by atoms with van der Waals surface area (Å²) in [6.07, 6.45) is 1.92. The second-order valence-electron chi connectivity index (χ2n) is 4.88. The van der Waals surface area contributed by atoms with Gasteiger partial charge in [-0.25, -0.2) is 8.42 Å². The molecule has 0 aliphatic carbocycles. The Balaban J connectivity index is 2.39. The summed E-state index contributed by atoms with van der Waals surface area (Å²) in [4.78, 5) is 10.5. The predicted octanol–water partition coefficient (Wildman–Crippen LogP) is 3.30. The molecular formula is C15H16N2O4S. The van der Waals surface area contributed by atoms with Crippen LogP contribution >= 0.6 is 0 Å². The highest BCUT2D eigenvalue weighted by molar-refractivity contribution is 7.90. The highest BCUT2D eigenvalue weighted by Gasteiger charge is 2.18. The van der Waals surface area contributed by atoms with E-state index in [4.69, 9.17) is 0 Å². The molecule has 0 radical (unpaired) electrons. The molecule has 1 N–H and O–H groups in total. The summed E-state index contributed by atoms with van der Waals surface area (Å²) in [6, 6.07) is 11.3. The molecule has 0 atom stereocenters. The van der Waals surface area contributed by atoms with E-state index in [2.05, 4.69) is 5.32 Å². The van der Waals surface area contributed by atoms with Crippen LogP contribution in [0, 0.1) is 10.1 Å². The molecule has 2 rings (SSSR count). The Morgan fingerprint density at radius 2 is 1.77 bits per heavy atom. The van der Waals surface area contributed by atoms with Crippen molar-refractivity contribution < 1.29 is 13.3 Å². The van der Waals surface area contributed by atoms with Gasteiger partial charge in [-0.3, -0.25) is 10.1 Å². The fourth-order valence-electron chi connectivity index (χ4n) is 1.98. The highest BCUT2D eigenvalue weighted by Crippen LogP contribution is 2.30. The largest absolute Gasteiger partial charge is 0.350 e. The van der Waals surface area contributed by atoms with E-state index in [1.54, 1.807) is 0 Å². The Morgan fingerprint density at radius 1 is 1.14 bits per heavy atom. The number of rotatable bonds is 5. The molecule has 0 spiro atoms. The Kier molecular flexibility index (Phi) is 4.46. The number of sulfone groups is 1. The van der Waals surface area contributed by atoms with Crippen LogP contribution in [0.2, 0.25) is 0 Å². The molecule has 2 aromatic carbocycles. The zero-order valence-electron chi connectivity index (χ0n) is 12.2. The highest BCUT2D eigenvalue weighted by atomic mass is 32.2. The second kappa shape index (κ2) is 6.15. The average Bonchev–Trinajstić information content (AvgIpc) is 2.47. The first-order valence-corrected chi connectivity index (χ1v) is 8.55. The molecule has 2 aromatic rings. The number of nitro groups is 1. The molecule has 0 amide bonds. The number of hydrogen-bond donors (Lipinski definition) is 1. The molecule has 0 aliphatic heterocycles. The van der Waals surface area contributed by atoms with E-state index in [0.29, 0.717) is 5.69 Å². The minimum atomic E-state index is -3.49. The monoisotopic (exact) mass is 320 g/mol. The smallest absolute Gasteiger partial charge is 0.293 e. The van der Waals surface area contributed by atoms with E-state index in [0.717, 1.165) is 24.3 Å². The summed E-state index contributed by atoms with van der Waals surface area (Å²) in [5.74, 6) is 0. The zero-order chi connectivity index (χ0) is 16.3. The topological polar surface area (TPSA) is 89.3 Å². The summed E-state index contributed by atoms with van der Waals surface area (Å²) in [5.41, 5.74) is 1.84. The molecule has 0 unspecified atom stereocenters. The van der Waals surface area contributed by atoms with Crippen LogP contribution in [0.1, 0.15) is 12.5 Å². The lowest BCUT2D eigenvalue weighted by Crippen LogP contribution is -2.02. The lowest BCUT2D eigenvalue weighted by atomic mass is 10.1. The molecule has 6 nitrogen and oxygen atoms in total. The number of benzene rings is 2. The van der Waals surface area contributed by atoms with Gasteiger partial charge in [0.1, 0.15) is 5.69 Å². The first kappa shape index (κ1) is 16.0. The summed E-state index contributed by atoms with van der Waals surface area (Å²) >= 11 is 0. The van der Waals surface area contributed by atoms with Gasteiger partial charge in [-0.15, -0.1) is 0 Å². The molecule has 0 bridgehead atoms. The number of nitrogens with zero attached hydrogens (tertiary/aromatic N) is 1. The van der Waals surface area contributed by atoms with E-state index in [-0.39, 0.29) is 16.3 Å². The van der Waals surface area contributed by atoms with Crippen molar-refractivity contribution in [2.45, 2.75) is 18.2 Å². The maximum absolute atomic E-state index is 11.5. The molecule has 7 heteroatoms. The van der Waals surface area contributed by atoms with Gasteiger partial charge in [-0.1, -0.05) is 19.1 Å². The normalized spacial score (nSPS) is 11.2. The molecule has 116 valence electrons. The van der Waals surface area contributed by atoms with Crippen molar-refractivity contribution in [3.8, 4) is 0 Å². The Morgan fingerprint density at radius 3 is 2.27 bits per heavy atom. The molecule has 0 saturated heterocycles. The average molecular weight is 320 g/mol. The van der Waals surface area contributed by atoms with Gasteiger partial charge in [0.25, 0.3) is 5.69 Å². The van der Waals surface area contributed by atoms with Crippen molar-refractivity contribution in [2.75, 3.05) is 11.6 Å². The molecular weight excluding hydrogens is 304 g/mol. The SMILES string of the molecule is CCc1ccc(Nc2ccc(S(C)(=O)=O)cc2[N+](=O)[O-])cc1. The van der Waals surface area contributed by atoms with Crippen molar-refractivity contribution >= 4 is 26.9 Å². The van der Waals surface area contributed by atoms with Crippen LogP contribution in [0.3, 0.4) is 0 Å². The van der Waals surface area contributed by atoms with Gasteiger partial charge in [0.2, 0.25) is 0 Å². The van der Waals surface area contributed by atoms with Crippen LogP contribution in [0.5, 0.6) is 0 Å². The third-order valence-corrected chi connectivity index (χ3v) is 4.35. The minimum absolute atomic E-state index is 0.0777. The van der Waals surface area contributed by atoms with E-state index < -0.39 is 14.8 Å². The van der Waals surface area contributed by atoms with Gasteiger partial charge >= 0.3 is 0 Å². The molecule has 0 aromatic heterocycles. The lowest BCUT2D eigenvalue weighted by molar-refractivity contribution is -0.384. The standard InChI is InChI=1S/C15H16N2O4S/c1-3-11-4-6-12(7-5-11)16-14-9-8-13(22(2,20)21)10-15(14)17(18)19/h4-10,16H,3H2,1-2H3. The van der Waals surface area contributed by atoms with Crippen LogP contribution in [0.4, 0.5) is 17.1 Å². The molecule has 22 heavy (non-hydrogen) atoms. The molecule has 0 fully saturated rings. The fourth-order valence-corrected chi connectivity index (χ4v) is 2.62. The van der Waals surface area contributed by atoms with Crippen molar-refractivity contribution in [3.63, 3.8) is 0 Å². The summed E-state index contributed by atoms with van der Waals surface area (Å²) in [6.45, 7) is 2.04. The molecule has 0 aliphatic rings. The number of hydrogen-bond acceptors (Lipinski definition) is 5. The van der Waals surface area contributed by atoms with Gasteiger partial charge < -0.3 is 5.32 Å². The maximum Gasteiger partial charge on any atom is 0.293 e. The maximum atomic E-state index is 11.5. The third kappa shape index (κ3) is 3.62. The van der Waals surface area contributed by atoms with Crippen molar-refractivity contribution in [3.05, 3.63) is 58.1 Å². The minimum Gasteiger partial charge on any atom is -0.350 e. The van der Waals surface area contributed by atoms with Crippen LogP contribution in [0.25, 0.3) is 0 Å². The Labute approximate surface area is 128 Å². The molecule has 0 heterocycles. The predicted molar refractivity (Wildman–Crippen MR) is 85.3 cm³/mol. The van der Waals surface area contributed by atoms with E-state index >= 15 is 0 Å². The van der Waals surface area contributed by atoms with E-state index in [1.807, 2.05) is 31.2 Å². The first-order valence-electron chi connectivity index (χ1n) is 6.65. The van der Waals surface area contributed by atoms with Crippen LogP contribution in [0.15, 0.2) is 47.4 Å². The van der Waals surface area contributed by atoms with Crippen LogP contribution in [-0.4, -0.2) is 19.6 Å². The number of aryl methyl sites for hydroxylation is 1. The zero-order valence-corrected chi connectivity index (χ0v) is 13.1. The quantitative estimate of drug-likeness (QED) is 0.674. The first-order chi connectivity index (χ1) is 10.3. The van der Waals surface area contributed by atoms with Crippen molar-refractivity contribution in [1.29, 1.82) is 0 Å². The second-order valence-corrected chi connectivity index (χ2v) is 6.90. The third-order valence-electron chi connectivity index (χ3n) is 3.24. The van der Waals surface area contributed by atoms with Gasteiger partial charge in [0, 0.05) is 18.0 Å². The van der Waals surface area contributed by atoms with Crippen molar-refractivity contribution in [2.24, 2.45) is 0 Å². The fraction of sp³-hybridized carbons (Fsp3) is 0.200. The van der Waals surface area contributed by atoms with Crippen LogP contribution < -0.4 is 5.32 Å². The van der Waals surface area contributed by atoms with Gasteiger partial charge in [-0.2, -0.15) is 0 Å². The summed E-state index contributed by atoms with van der Waals surface area (Å²) in [7, 11) is -3.49.